The fourth-order valence-corrected chi connectivity index (χ4v) is 2.30. The summed E-state index contributed by atoms with van der Waals surface area (Å²) in [7, 11) is 0. The molecule has 0 aliphatic rings. The van der Waals surface area contributed by atoms with Crippen molar-refractivity contribution >= 4 is 17.5 Å². The van der Waals surface area contributed by atoms with E-state index in [1.165, 1.54) is 0 Å². The number of para-hydroxylation sites is 1. The van der Waals surface area contributed by atoms with E-state index in [9.17, 15) is 4.79 Å². The van der Waals surface area contributed by atoms with Gasteiger partial charge in [-0.25, -0.2) is 0 Å². The standard InChI is InChI=1S/C18H20ClNO2/c1-3-16(22-17-11-7-6-10-15(17)19)18(21)20-12-14-9-5-4-8-13(14)2/h4-11,16H,3,12H2,1-2H3,(H,20,21)/t16-/m0/s1. The van der Waals surface area contributed by atoms with E-state index < -0.39 is 6.10 Å². The molecule has 0 aliphatic heterocycles. The molecule has 116 valence electrons. The summed E-state index contributed by atoms with van der Waals surface area (Å²) in [6.07, 6.45) is 0.0223. The number of aryl methyl sites for hydroxylation is 1. The quantitative estimate of drug-likeness (QED) is 0.870. The van der Waals surface area contributed by atoms with Crippen LogP contribution in [-0.4, -0.2) is 12.0 Å². The number of nitrogens with one attached hydrogen (secondary N) is 1. The van der Waals surface area contributed by atoms with Crippen molar-refractivity contribution in [3.8, 4) is 5.75 Å². The monoisotopic (exact) mass is 317 g/mol. The van der Waals surface area contributed by atoms with Crippen LogP contribution in [0.15, 0.2) is 48.5 Å². The molecule has 22 heavy (non-hydrogen) atoms. The predicted molar refractivity (Wildman–Crippen MR) is 89.2 cm³/mol. The van der Waals surface area contributed by atoms with Crippen molar-refractivity contribution in [2.75, 3.05) is 0 Å². The zero-order valence-electron chi connectivity index (χ0n) is 12.8. The highest BCUT2D eigenvalue weighted by atomic mass is 35.5. The van der Waals surface area contributed by atoms with Gasteiger partial charge in [0.25, 0.3) is 5.91 Å². The molecule has 0 radical (unpaired) electrons. The van der Waals surface area contributed by atoms with Crippen LogP contribution in [0.4, 0.5) is 0 Å². The zero-order valence-corrected chi connectivity index (χ0v) is 13.6. The second-order valence-corrected chi connectivity index (χ2v) is 5.50. The van der Waals surface area contributed by atoms with Gasteiger partial charge in [-0.15, -0.1) is 0 Å². The Bertz CT molecular complexity index is 642. The molecule has 0 saturated carbocycles. The summed E-state index contributed by atoms with van der Waals surface area (Å²) in [6, 6.07) is 15.1. The van der Waals surface area contributed by atoms with E-state index in [4.69, 9.17) is 16.3 Å². The van der Waals surface area contributed by atoms with Gasteiger partial charge in [0.2, 0.25) is 0 Å². The van der Waals surface area contributed by atoms with Crippen LogP contribution in [0.1, 0.15) is 24.5 Å². The van der Waals surface area contributed by atoms with E-state index in [0.717, 1.165) is 11.1 Å². The van der Waals surface area contributed by atoms with Crippen molar-refractivity contribution in [1.82, 2.24) is 5.32 Å². The van der Waals surface area contributed by atoms with Gasteiger partial charge in [0.1, 0.15) is 5.75 Å². The fraction of sp³-hybridized carbons (Fsp3) is 0.278. The number of hydrogen-bond donors (Lipinski definition) is 1. The third kappa shape index (κ3) is 4.25. The number of ether oxygens (including phenoxy) is 1. The number of amides is 1. The summed E-state index contributed by atoms with van der Waals surface area (Å²) in [5.41, 5.74) is 2.26. The van der Waals surface area contributed by atoms with Gasteiger partial charge >= 0.3 is 0 Å². The number of carbonyl (C=O) groups excluding carboxylic acids is 1. The Hall–Kier alpha value is -2.00. The summed E-state index contributed by atoms with van der Waals surface area (Å²) in [4.78, 5) is 12.3. The number of benzene rings is 2. The van der Waals surface area contributed by atoms with Gasteiger partial charge in [-0.1, -0.05) is 54.9 Å². The van der Waals surface area contributed by atoms with Gasteiger partial charge in [-0.3, -0.25) is 4.79 Å². The topological polar surface area (TPSA) is 38.3 Å². The maximum Gasteiger partial charge on any atom is 0.261 e. The average Bonchev–Trinajstić information content (AvgIpc) is 2.53. The van der Waals surface area contributed by atoms with Gasteiger partial charge in [-0.05, 0) is 36.6 Å². The lowest BCUT2D eigenvalue weighted by atomic mass is 10.1. The van der Waals surface area contributed by atoms with E-state index in [0.29, 0.717) is 23.7 Å². The highest BCUT2D eigenvalue weighted by molar-refractivity contribution is 6.32. The van der Waals surface area contributed by atoms with E-state index in [2.05, 4.69) is 5.32 Å². The van der Waals surface area contributed by atoms with Gasteiger partial charge in [0, 0.05) is 6.54 Å². The maximum absolute atomic E-state index is 12.3. The Kier molecular flexibility index (Phi) is 5.84. The van der Waals surface area contributed by atoms with E-state index in [1.807, 2.05) is 50.2 Å². The van der Waals surface area contributed by atoms with E-state index in [-0.39, 0.29) is 5.91 Å². The van der Waals surface area contributed by atoms with Crippen LogP contribution in [0, 0.1) is 6.92 Å². The van der Waals surface area contributed by atoms with Gasteiger partial charge in [0.15, 0.2) is 6.10 Å². The van der Waals surface area contributed by atoms with Crippen molar-refractivity contribution in [1.29, 1.82) is 0 Å². The highest BCUT2D eigenvalue weighted by Gasteiger charge is 2.19. The number of hydrogen-bond acceptors (Lipinski definition) is 2. The second kappa shape index (κ2) is 7.85. The Balaban J connectivity index is 1.98. The Morgan fingerprint density at radius 3 is 2.55 bits per heavy atom. The average molecular weight is 318 g/mol. The molecule has 0 saturated heterocycles. The molecule has 1 atom stereocenters. The van der Waals surface area contributed by atoms with Gasteiger partial charge in [-0.2, -0.15) is 0 Å². The van der Waals surface area contributed by atoms with Crippen LogP contribution < -0.4 is 10.1 Å². The summed E-state index contributed by atoms with van der Waals surface area (Å²) in [6.45, 7) is 4.43. The lowest BCUT2D eigenvalue weighted by molar-refractivity contribution is -0.128. The molecule has 0 aromatic heterocycles. The minimum atomic E-state index is -0.552. The predicted octanol–water partition coefficient (Wildman–Crippen LogP) is 4.12. The van der Waals surface area contributed by atoms with Gasteiger partial charge in [0.05, 0.1) is 5.02 Å². The molecule has 0 fully saturated rings. The molecule has 0 heterocycles. The molecular weight excluding hydrogens is 298 g/mol. The van der Waals surface area contributed by atoms with Crippen LogP contribution in [0.3, 0.4) is 0 Å². The normalized spacial score (nSPS) is 11.8. The maximum atomic E-state index is 12.3. The van der Waals surface area contributed by atoms with Crippen molar-refractivity contribution in [3.63, 3.8) is 0 Å². The molecule has 3 nitrogen and oxygen atoms in total. The lowest BCUT2D eigenvalue weighted by Gasteiger charge is -2.18. The third-order valence-corrected chi connectivity index (χ3v) is 3.80. The Labute approximate surface area is 136 Å². The lowest BCUT2D eigenvalue weighted by Crippen LogP contribution is -2.37. The second-order valence-electron chi connectivity index (χ2n) is 5.09. The molecule has 0 aliphatic carbocycles. The summed E-state index contributed by atoms with van der Waals surface area (Å²) >= 11 is 6.07. The molecule has 2 rings (SSSR count). The molecule has 2 aromatic rings. The Morgan fingerprint density at radius 1 is 1.18 bits per heavy atom. The minimum absolute atomic E-state index is 0.134. The molecule has 1 N–H and O–H groups in total. The van der Waals surface area contributed by atoms with Crippen molar-refractivity contribution < 1.29 is 9.53 Å². The first kappa shape index (κ1) is 16.4. The first-order valence-corrected chi connectivity index (χ1v) is 7.73. The summed E-state index contributed by atoms with van der Waals surface area (Å²) in [5.74, 6) is 0.396. The van der Waals surface area contributed by atoms with Crippen LogP contribution in [-0.2, 0) is 11.3 Å². The SMILES string of the molecule is CC[C@H](Oc1ccccc1Cl)C(=O)NCc1ccccc1C. The largest absolute Gasteiger partial charge is 0.479 e. The van der Waals surface area contributed by atoms with Gasteiger partial charge < -0.3 is 10.1 Å². The van der Waals surface area contributed by atoms with Crippen LogP contribution in [0.5, 0.6) is 5.75 Å². The molecule has 1 amide bonds. The van der Waals surface area contributed by atoms with Crippen LogP contribution in [0.25, 0.3) is 0 Å². The fourth-order valence-electron chi connectivity index (χ4n) is 2.12. The van der Waals surface area contributed by atoms with Crippen LogP contribution in [0.2, 0.25) is 5.02 Å². The zero-order chi connectivity index (χ0) is 15.9. The van der Waals surface area contributed by atoms with Crippen molar-refractivity contribution in [2.24, 2.45) is 0 Å². The third-order valence-electron chi connectivity index (χ3n) is 3.48. The number of rotatable bonds is 6. The molecule has 0 spiro atoms. The molecule has 0 bridgehead atoms. The van der Waals surface area contributed by atoms with Crippen LogP contribution >= 0.6 is 11.6 Å². The number of carbonyl (C=O) groups is 1. The van der Waals surface area contributed by atoms with Crippen molar-refractivity contribution in [2.45, 2.75) is 32.9 Å². The van der Waals surface area contributed by atoms with E-state index >= 15 is 0 Å². The summed E-state index contributed by atoms with van der Waals surface area (Å²) in [5, 5.41) is 3.43. The molecular formula is C18H20ClNO2. The first-order valence-electron chi connectivity index (χ1n) is 7.35. The minimum Gasteiger partial charge on any atom is -0.479 e. The first-order chi connectivity index (χ1) is 10.6. The smallest absolute Gasteiger partial charge is 0.261 e. The Morgan fingerprint density at radius 2 is 1.86 bits per heavy atom. The number of halogens is 1. The highest BCUT2D eigenvalue weighted by Crippen LogP contribution is 2.24. The molecule has 0 unspecified atom stereocenters. The summed E-state index contributed by atoms with van der Waals surface area (Å²) < 4.78 is 5.73. The molecule has 4 heteroatoms. The van der Waals surface area contributed by atoms with Crippen molar-refractivity contribution in [3.05, 3.63) is 64.7 Å². The molecule has 2 aromatic carbocycles. The van der Waals surface area contributed by atoms with E-state index in [1.54, 1.807) is 12.1 Å².